The molecule has 2 aromatic rings. The highest BCUT2D eigenvalue weighted by Crippen LogP contribution is 2.21. The first kappa shape index (κ1) is 11.1. The van der Waals surface area contributed by atoms with Gasteiger partial charge in [0, 0.05) is 16.0 Å². The van der Waals surface area contributed by atoms with Gasteiger partial charge in [-0.3, -0.25) is 0 Å². The van der Waals surface area contributed by atoms with Crippen LogP contribution in [0.15, 0.2) is 59.5 Å². The Morgan fingerprint density at radius 1 is 0.750 bits per heavy atom. The lowest BCUT2D eigenvalue weighted by atomic mass is 10.2. The number of halogens is 1. The van der Waals surface area contributed by atoms with Crippen LogP contribution in [0.3, 0.4) is 0 Å². The summed E-state index contributed by atoms with van der Waals surface area (Å²) in [5.41, 5.74) is 2.02. The summed E-state index contributed by atoms with van der Waals surface area (Å²) in [6, 6.07) is 17.8. The minimum Gasteiger partial charge on any atom is -0.0622 e. The summed E-state index contributed by atoms with van der Waals surface area (Å²) in [6.07, 6.45) is 0. The van der Waals surface area contributed by atoms with Gasteiger partial charge in [-0.15, -0.1) is 0 Å². The van der Waals surface area contributed by atoms with E-state index in [-0.39, 0.29) is 0 Å². The maximum Gasteiger partial charge on any atom is 0.0249 e. The van der Waals surface area contributed by atoms with Gasteiger partial charge in [-0.1, -0.05) is 30.0 Å². The topological polar surface area (TPSA) is 0 Å². The van der Waals surface area contributed by atoms with Crippen molar-refractivity contribution in [2.45, 2.75) is 4.90 Å². The minimum atomic E-state index is 0.998. The summed E-state index contributed by atoms with van der Waals surface area (Å²) in [6.45, 7) is 0. The van der Waals surface area contributed by atoms with Crippen molar-refractivity contribution in [3.05, 3.63) is 65.7 Å². The molecule has 0 fully saturated rings. The average molecular weight is 245 g/mol. The molecule has 0 bridgehead atoms. The molecule has 0 aliphatic rings. The van der Waals surface area contributed by atoms with Crippen molar-refractivity contribution in [3.8, 4) is 11.8 Å². The Bertz CT molecular complexity index is 506. The number of hydrogen-bond acceptors (Lipinski definition) is 1. The molecule has 2 heteroatoms. The molecule has 16 heavy (non-hydrogen) atoms. The molecule has 2 aromatic carbocycles. The first-order chi connectivity index (χ1) is 7.88. The van der Waals surface area contributed by atoms with Gasteiger partial charge in [0.1, 0.15) is 0 Å². The molecule has 0 aliphatic carbocycles. The highest BCUT2D eigenvalue weighted by atomic mass is 35.7. The summed E-state index contributed by atoms with van der Waals surface area (Å²) in [5, 5.41) is 0. The quantitative estimate of drug-likeness (QED) is 0.673. The van der Waals surface area contributed by atoms with E-state index >= 15 is 0 Å². The van der Waals surface area contributed by atoms with Gasteiger partial charge in [0.2, 0.25) is 0 Å². The van der Waals surface area contributed by atoms with E-state index in [0.717, 1.165) is 16.0 Å². The Balaban J connectivity index is 2.18. The van der Waals surface area contributed by atoms with Crippen LogP contribution in [0.5, 0.6) is 0 Å². The van der Waals surface area contributed by atoms with Crippen LogP contribution in [0.2, 0.25) is 0 Å². The van der Waals surface area contributed by atoms with Crippen molar-refractivity contribution in [1.29, 1.82) is 0 Å². The van der Waals surface area contributed by atoms with E-state index in [1.807, 2.05) is 54.6 Å². The van der Waals surface area contributed by atoms with Crippen LogP contribution in [0.25, 0.3) is 0 Å². The molecule has 0 heterocycles. The van der Waals surface area contributed by atoms with Gasteiger partial charge < -0.3 is 0 Å². The van der Waals surface area contributed by atoms with Crippen LogP contribution in [-0.4, -0.2) is 0 Å². The zero-order valence-corrected chi connectivity index (χ0v) is 10.1. The fourth-order valence-corrected chi connectivity index (χ4v) is 1.80. The lowest BCUT2D eigenvalue weighted by Gasteiger charge is -1.93. The summed E-state index contributed by atoms with van der Waals surface area (Å²) >= 11 is 0. The molecule has 0 amide bonds. The predicted octanol–water partition coefficient (Wildman–Crippen LogP) is 4.33. The Morgan fingerprint density at radius 2 is 1.31 bits per heavy atom. The summed E-state index contributed by atoms with van der Waals surface area (Å²) in [7, 11) is 6.85. The van der Waals surface area contributed by atoms with Crippen LogP contribution in [0, 0.1) is 11.8 Å². The van der Waals surface area contributed by atoms with E-state index in [9.17, 15) is 0 Å². The summed E-state index contributed by atoms with van der Waals surface area (Å²) < 4.78 is 0. The molecule has 0 radical (unpaired) electrons. The van der Waals surface area contributed by atoms with Gasteiger partial charge in [-0.05, 0) is 58.1 Å². The highest BCUT2D eigenvalue weighted by molar-refractivity contribution is 8.21. The molecule has 0 aromatic heterocycles. The van der Waals surface area contributed by atoms with Crippen LogP contribution in [-0.2, 0) is 0 Å². The van der Waals surface area contributed by atoms with Gasteiger partial charge in [-0.2, -0.15) is 0 Å². The number of hydrogen-bond donors (Lipinski definition) is 0. The highest BCUT2D eigenvalue weighted by Gasteiger charge is 1.90. The molecule has 0 N–H and O–H groups in total. The van der Waals surface area contributed by atoms with Crippen molar-refractivity contribution >= 4 is 21.7 Å². The van der Waals surface area contributed by atoms with E-state index in [0.29, 0.717) is 0 Å². The van der Waals surface area contributed by atoms with Crippen LogP contribution >= 0.6 is 21.7 Å². The van der Waals surface area contributed by atoms with Crippen molar-refractivity contribution in [1.82, 2.24) is 0 Å². The zero-order chi connectivity index (χ0) is 11.2. The first-order valence-electron chi connectivity index (χ1n) is 4.84. The van der Waals surface area contributed by atoms with E-state index < -0.39 is 0 Å². The van der Waals surface area contributed by atoms with Crippen LogP contribution in [0.4, 0.5) is 0 Å². The third kappa shape index (κ3) is 3.06. The molecule has 0 saturated carbocycles. The van der Waals surface area contributed by atoms with Crippen molar-refractivity contribution in [2.24, 2.45) is 0 Å². The second kappa shape index (κ2) is 5.65. The molecule has 0 unspecified atom stereocenters. The number of benzene rings is 2. The Kier molecular flexibility index (Phi) is 3.93. The van der Waals surface area contributed by atoms with Crippen molar-refractivity contribution < 1.29 is 0 Å². The van der Waals surface area contributed by atoms with E-state index in [1.54, 1.807) is 0 Å². The fraction of sp³-hybridized carbons (Fsp3) is 0. The van der Waals surface area contributed by atoms with Gasteiger partial charge in [0.25, 0.3) is 0 Å². The fourth-order valence-electron chi connectivity index (χ4n) is 1.26. The molecular formula is C14H9ClS. The Morgan fingerprint density at radius 3 is 1.88 bits per heavy atom. The van der Waals surface area contributed by atoms with E-state index in [2.05, 4.69) is 11.8 Å². The molecular weight excluding hydrogens is 236 g/mol. The normalized spacial score (nSPS) is 9.31. The van der Waals surface area contributed by atoms with Gasteiger partial charge >= 0.3 is 0 Å². The van der Waals surface area contributed by atoms with E-state index in [1.165, 1.54) is 11.0 Å². The van der Waals surface area contributed by atoms with E-state index in [4.69, 9.17) is 10.7 Å². The first-order valence-corrected chi connectivity index (χ1v) is 6.48. The SMILES string of the molecule is ClSc1ccc(C#Cc2ccccc2)cc1. The zero-order valence-electron chi connectivity index (χ0n) is 8.48. The standard InChI is InChI=1S/C14H9ClS/c15-16-14-10-8-13(9-11-14)7-6-12-4-2-1-3-5-12/h1-5,8-11H. The van der Waals surface area contributed by atoms with Crippen LogP contribution < -0.4 is 0 Å². The Hall–Kier alpha value is -1.36. The maximum atomic E-state index is 5.63. The van der Waals surface area contributed by atoms with Crippen molar-refractivity contribution in [2.75, 3.05) is 0 Å². The molecule has 0 aliphatic heterocycles. The third-order valence-corrected chi connectivity index (χ3v) is 3.05. The van der Waals surface area contributed by atoms with Gasteiger partial charge in [-0.25, -0.2) is 0 Å². The summed E-state index contributed by atoms with van der Waals surface area (Å²) in [4.78, 5) is 1.03. The average Bonchev–Trinajstić information content (AvgIpc) is 2.38. The Labute approximate surface area is 104 Å². The van der Waals surface area contributed by atoms with Crippen molar-refractivity contribution in [3.63, 3.8) is 0 Å². The van der Waals surface area contributed by atoms with Crippen LogP contribution in [0.1, 0.15) is 11.1 Å². The minimum absolute atomic E-state index is 0.998. The maximum absolute atomic E-state index is 5.63. The second-order valence-corrected chi connectivity index (χ2v) is 4.31. The second-order valence-electron chi connectivity index (χ2n) is 3.22. The lowest BCUT2D eigenvalue weighted by Crippen LogP contribution is -1.75. The van der Waals surface area contributed by atoms with Gasteiger partial charge in [0.05, 0.1) is 0 Å². The third-order valence-electron chi connectivity index (χ3n) is 2.07. The smallest absolute Gasteiger partial charge is 0.0249 e. The monoisotopic (exact) mass is 244 g/mol. The molecule has 78 valence electrons. The molecule has 0 atom stereocenters. The predicted molar refractivity (Wildman–Crippen MR) is 70.6 cm³/mol. The number of rotatable bonds is 1. The molecule has 0 saturated heterocycles. The van der Waals surface area contributed by atoms with Gasteiger partial charge in [0.15, 0.2) is 0 Å². The lowest BCUT2D eigenvalue weighted by molar-refractivity contribution is 1.45. The largest absolute Gasteiger partial charge is 0.0622 e. The molecule has 0 nitrogen and oxygen atoms in total. The molecule has 2 rings (SSSR count). The molecule has 0 spiro atoms. The summed E-state index contributed by atoms with van der Waals surface area (Å²) in [5.74, 6) is 6.22.